The van der Waals surface area contributed by atoms with Gasteiger partial charge < -0.3 is 0 Å². The van der Waals surface area contributed by atoms with Gasteiger partial charge in [0.1, 0.15) is 0 Å². The van der Waals surface area contributed by atoms with Crippen LogP contribution in [0.1, 0.15) is 12.8 Å². The molecule has 0 aromatic heterocycles. The van der Waals surface area contributed by atoms with E-state index in [0.717, 1.165) is 17.7 Å². The molecule has 1 N–H and O–H groups in total. The summed E-state index contributed by atoms with van der Waals surface area (Å²) in [6, 6.07) is 9.70. The maximum absolute atomic E-state index is 12.5. The van der Waals surface area contributed by atoms with Crippen LogP contribution in [0.4, 0.5) is 0 Å². The zero-order valence-corrected chi connectivity index (χ0v) is 10.2. The lowest BCUT2D eigenvalue weighted by molar-refractivity contribution is 0.304. The maximum Gasteiger partial charge on any atom is 0.155 e. The summed E-state index contributed by atoms with van der Waals surface area (Å²) in [5.74, 6) is 0.320. The number of benzene rings is 1. The Hall–Kier alpha value is -0.970. The smallest absolute Gasteiger partial charge is 0.155 e. The zero-order chi connectivity index (χ0) is 11.7. The van der Waals surface area contributed by atoms with Crippen LogP contribution in [0.2, 0.25) is 0 Å². The van der Waals surface area contributed by atoms with E-state index in [0.29, 0.717) is 5.92 Å². The summed E-state index contributed by atoms with van der Waals surface area (Å²) in [4.78, 5) is 6.06. The number of hydrogen-bond acceptors (Lipinski definition) is 3. The van der Waals surface area contributed by atoms with E-state index in [4.69, 9.17) is 4.84 Å². The molecular weight excluding hydrogens is 234 g/mol. The molecule has 1 aliphatic heterocycles. The largest absolute Gasteiger partial charge is 0.278 e. The Labute approximate surface area is 103 Å². The standard InChI is InChI=1S/C13H15NO2S/c15-17(10-6-2-1-3-7-10)12-9-5-4-8-11(12)13-14-16-13/h1-7,11-14H,8-9H2/t11?,12?,13-,17+/m1/s1. The highest BCUT2D eigenvalue weighted by Crippen LogP contribution is 2.32. The highest BCUT2D eigenvalue weighted by atomic mass is 32.2. The van der Waals surface area contributed by atoms with Gasteiger partial charge in [-0.05, 0) is 25.0 Å². The van der Waals surface area contributed by atoms with Crippen molar-refractivity contribution in [2.45, 2.75) is 29.2 Å². The second kappa shape index (κ2) is 4.72. The Morgan fingerprint density at radius 3 is 2.59 bits per heavy atom. The molecule has 2 aliphatic rings. The second-order valence-corrected chi connectivity index (χ2v) is 6.08. The van der Waals surface area contributed by atoms with Gasteiger partial charge in [0.15, 0.2) is 6.23 Å². The first kappa shape index (κ1) is 11.1. The second-order valence-electron chi connectivity index (χ2n) is 4.41. The molecule has 1 aromatic carbocycles. The summed E-state index contributed by atoms with van der Waals surface area (Å²) in [5, 5.41) is 0.155. The predicted molar refractivity (Wildman–Crippen MR) is 66.5 cm³/mol. The number of rotatable bonds is 3. The predicted octanol–water partition coefficient (Wildman–Crippen LogP) is 1.99. The summed E-state index contributed by atoms with van der Waals surface area (Å²) in [6.45, 7) is 0. The van der Waals surface area contributed by atoms with Gasteiger partial charge in [-0.1, -0.05) is 30.4 Å². The lowest BCUT2D eigenvalue weighted by atomic mass is 9.93. The van der Waals surface area contributed by atoms with E-state index in [1.165, 1.54) is 0 Å². The fourth-order valence-electron chi connectivity index (χ4n) is 2.32. The Bertz CT molecular complexity index is 442. The van der Waals surface area contributed by atoms with Crippen molar-refractivity contribution in [3.63, 3.8) is 0 Å². The van der Waals surface area contributed by atoms with Crippen molar-refractivity contribution < 1.29 is 9.05 Å². The molecule has 1 aliphatic carbocycles. The van der Waals surface area contributed by atoms with Crippen LogP contribution in [-0.2, 0) is 15.6 Å². The minimum Gasteiger partial charge on any atom is -0.278 e. The molecule has 0 radical (unpaired) electrons. The lowest BCUT2D eigenvalue weighted by Crippen LogP contribution is -2.32. The average Bonchev–Trinajstić information content (AvgIpc) is 3.23. The molecule has 1 heterocycles. The molecule has 3 nitrogen and oxygen atoms in total. The Morgan fingerprint density at radius 2 is 1.88 bits per heavy atom. The molecular formula is C13H15NO2S. The van der Waals surface area contributed by atoms with Crippen molar-refractivity contribution in [3.8, 4) is 0 Å². The molecule has 4 heteroatoms. The van der Waals surface area contributed by atoms with Gasteiger partial charge in [-0.15, -0.1) is 0 Å². The van der Waals surface area contributed by atoms with Crippen LogP contribution in [-0.4, -0.2) is 15.7 Å². The van der Waals surface area contributed by atoms with Crippen LogP contribution in [0.15, 0.2) is 47.4 Å². The molecule has 2 unspecified atom stereocenters. The SMILES string of the molecule is O=[S@@](c1ccccc1)C1CC=CCC1[C@@H]1NO1. The summed E-state index contributed by atoms with van der Waals surface area (Å²) < 4.78 is 12.5. The third-order valence-corrected chi connectivity index (χ3v) is 5.14. The average molecular weight is 249 g/mol. The third-order valence-electron chi connectivity index (χ3n) is 3.31. The molecule has 90 valence electrons. The zero-order valence-electron chi connectivity index (χ0n) is 9.41. The third kappa shape index (κ3) is 2.34. The van der Waals surface area contributed by atoms with Gasteiger partial charge in [-0.25, -0.2) is 0 Å². The minimum atomic E-state index is -0.952. The molecule has 1 saturated heterocycles. The van der Waals surface area contributed by atoms with Gasteiger partial charge in [0, 0.05) is 16.1 Å². The van der Waals surface area contributed by atoms with Crippen LogP contribution >= 0.6 is 0 Å². The summed E-state index contributed by atoms with van der Waals surface area (Å²) in [6.07, 6.45) is 6.20. The molecule has 17 heavy (non-hydrogen) atoms. The van der Waals surface area contributed by atoms with Crippen molar-refractivity contribution in [3.05, 3.63) is 42.5 Å². The van der Waals surface area contributed by atoms with E-state index < -0.39 is 10.8 Å². The quantitative estimate of drug-likeness (QED) is 0.658. The molecule has 0 saturated carbocycles. The van der Waals surface area contributed by atoms with E-state index in [2.05, 4.69) is 17.6 Å². The van der Waals surface area contributed by atoms with Crippen molar-refractivity contribution in [2.75, 3.05) is 0 Å². The van der Waals surface area contributed by atoms with E-state index >= 15 is 0 Å². The first-order chi connectivity index (χ1) is 8.36. The van der Waals surface area contributed by atoms with Crippen LogP contribution in [0.5, 0.6) is 0 Å². The van der Waals surface area contributed by atoms with Gasteiger partial charge >= 0.3 is 0 Å². The van der Waals surface area contributed by atoms with Crippen molar-refractivity contribution >= 4 is 10.8 Å². The van der Waals surface area contributed by atoms with Crippen LogP contribution in [0.3, 0.4) is 0 Å². The summed E-state index contributed by atoms with van der Waals surface area (Å²) in [7, 11) is -0.952. The lowest BCUT2D eigenvalue weighted by Gasteiger charge is -2.25. The number of hydrogen-bond donors (Lipinski definition) is 1. The Balaban J connectivity index is 1.82. The molecule has 1 aromatic rings. The molecule has 0 amide bonds. The van der Waals surface area contributed by atoms with E-state index in [-0.39, 0.29) is 11.5 Å². The van der Waals surface area contributed by atoms with Crippen LogP contribution < -0.4 is 5.48 Å². The van der Waals surface area contributed by atoms with Gasteiger partial charge in [0.25, 0.3) is 0 Å². The fourth-order valence-corrected chi connectivity index (χ4v) is 3.95. The van der Waals surface area contributed by atoms with Crippen LogP contribution in [0, 0.1) is 5.92 Å². The van der Waals surface area contributed by atoms with E-state index in [9.17, 15) is 4.21 Å². The van der Waals surface area contributed by atoms with Gasteiger partial charge in [0.2, 0.25) is 0 Å². The van der Waals surface area contributed by atoms with Crippen molar-refractivity contribution in [2.24, 2.45) is 5.92 Å². The molecule has 4 atom stereocenters. The van der Waals surface area contributed by atoms with E-state index in [1.807, 2.05) is 30.3 Å². The van der Waals surface area contributed by atoms with E-state index in [1.54, 1.807) is 0 Å². The fraction of sp³-hybridized carbons (Fsp3) is 0.385. The van der Waals surface area contributed by atoms with Gasteiger partial charge in [-0.3, -0.25) is 9.05 Å². The Morgan fingerprint density at radius 1 is 1.18 bits per heavy atom. The number of hydroxylamine groups is 1. The number of nitrogens with one attached hydrogen (secondary N) is 1. The van der Waals surface area contributed by atoms with Gasteiger partial charge in [0.05, 0.1) is 10.8 Å². The molecule has 0 spiro atoms. The summed E-state index contributed by atoms with van der Waals surface area (Å²) >= 11 is 0. The topological polar surface area (TPSA) is 51.5 Å². The minimum absolute atomic E-state index is 0.0950. The number of allylic oxidation sites excluding steroid dienone is 2. The molecule has 3 rings (SSSR count). The highest BCUT2D eigenvalue weighted by Gasteiger charge is 2.41. The molecule has 0 bridgehead atoms. The molecule has 1 fully saturated rings. The summed E-state index contributed by atoms with van der Waals surface area (Å²) in [5.41, 5.74) is 2.87. The highest BCUT2D eigenvalue weighted by molar-refractivity contribution is 7.85. The van der Waals surface area contributed by atoms with Crippen molar-refractivity contribution in [1.82, 2.24) is 5.48 Å². The van der Waals surface area contributed by atoms with Crippen molar-refractivity contribution in [1.29, 1.82) is 0 Å². The monoisotopic (exact) mass is 249 g/mol. The van der Waals surface area contributed by atoms with Crippen LogP contribution in [0.25, 0.3) is 0 Å². The Kier molecular flexibility index (Phi) is 3.09. The normalized spacial score (nSPS) is 33.3. The van der Waals surface area contributed by atoms with Gasteiger partial charge in [-0.2, -0.15) is 5.48 Å². The maximum atomic E-state index is 12.5. The first-order valence-electron chi connectivity index (χ1n) is 5.88. The first-order valence-corrected chi connectivity index (χ1v) is 7.09.